The van der Waals surface area contributed by atoms with Crippen LogP contribution in [-0.2, 0) is 11.3 Å². The van der Waals surface area contributed by atoms with Crippen molar-refractivity contribution >= 4 is 36.8 Å². The highest BCUT2D eigenvalue weighted by atomic mass is 79.9. The minimum absolute atomic E-state index is 0.00580. The number of carbonyl (C=O) groups is 1. The Labute approximate surface area is 122 Å². The van der Waals surface area contributed by atoms with Gasteiger partial charge in [-0.25, -0.2) is 4.79 Å². The molecule has 0 saturated heterocycles. The van der Waals surface area contributed by atoms with E-state index in [9.17, 15) is 14.9 Å². The van der Waals surface area contributed by atoms with E-state index in [-0.39, 0.29) is 18.3 Å². The van der Waals surface area contributed by atoms with Crippen molar-refractivity contribution in [2.75, 3.05) is 5.75 Å². The van der Waals surface area contributed by atoms with Crippen molar-refractivity contribution in [2.45, 2.75) is 19.6 Å². The number of non-ortho nitro benzene ring substituents is 1. The highest BCUT2D eigenvalue weighted by Crippen LogP contribution is 2.13. The van der Waals surface area contributed by atoms with Gasteiger partial charge < -0.3 is 10.1 Å². The van der Waals surface area contributed by atoms with Crippen LogP contribution in [0.1, 0.15) is 12.5 Å². The number of benzene rings is 1. The van der Waals surface area contributed by atoms with Gasteiger partial charge in [-0.2, -0.15) is 0 Å². The van der Waals surface area contributed by atoms with Crippen molar-refractivity contribution in [3.05, 3.63) is 39.9 Å². The number of amides is 1. The maximum Gasteiger partial charge on any atom is 0.407 e. The summed E-state index contributed by atoms with van der Waals surface area (Å²) in [4.78, 5) is 21.4. The fraction of sp³-hybridized carbons (Fsp3) is 0.364. The Bertz CT molecular complexity index is 441. The normalized spacial score (nSPS) is 11.7. The number of hydrogen-bond donors (Lipinski definition) is 1. The van der Waals surface area contributed by atoms with Crippen molar-refractivity contribution in [2.24, 2.45) is 0 Å². The number of hydrogen-bond acceptors (Lipinski definition) is 5. The number of halogens is 1. The van der Waals surface area contributed by atoms with Crippen molar-refractivity contribution in [3.8, 4) is 0 Å². The van der Waals surface area contributed by atoms with Crippen LogP contribution in [0.2, 0.25) is 0 Å². The summed E-state index contributed by atoms with van der Waals surface area (Å²) in [6, 6.07) is 5.86. The second-order valence-corrected chi connectivity index (χ2v) is 5.75. The molecule has 0 aliphatic carbocycles. The third-order valence-corrected chi connectivity index (χ3v) is 3.61. The Hall–Kier alpha value is -1.28. The van der Waals surface area contributed by atoms with Gasteiger partial charge in [0.2, 0.25) is 0 Å². The summed E-state index contributed by atoms with van der Waals surface area (Å²) in [6.45, 7) is 1.94. The highest BCUT2D eigenvalue weighted by Gasteiger charge is 2.09. The monoisotopic (exact) mass is 348 g/mol. The van der Waals surface area contributed by atoms with E-state index in [2.05, 4.69) is 20.1 Å². The second-order valence-electron chi connectivity index (χ2n) is 3.82. The Morgan fingerprint density at radius 2 is 2.16 bits per heavy atom. The molecule has 104 valence electrons. The van der Waals surface area contributed by atoms with Gasteiger partial charge >= 0.3 is 6.09 Å². The van der Waals surface area contributed by atoms with E-state index in [4.69, 9.17) is 4.74 Å². The van der Waals surface area contributed by atoms with E-state index in [1.165, 1.54) is 22.3 Å². The molecule has 0 saturated carbocycles. The third kappa shape index (κ3) is 5.93. The first-order valence-corrected chi connectivity index (χ1v) is 8.26. The molecule has 0 aliphatic heterocycles. The minimum Gasteiger partial charge on any atom is -0.445 e. The van der Waals surface area contributed by atoms with Gasteiger partial charge in [0.25, 0.3) is 5.69 Å². The predicted octanol–water partition coefficient (Wildman–Crippen LogP) is 3.25. The van der Waals surface area contributed by atoms with Gasteiger partial charge in [0.05, 0.1) is 4.92 Å². The summed E-state index contributed by atoms with van der Waals surface area (Å²) < 4.78 is 5.00. The molecule has 0 aromatic heterocycles. The molecular weight excluding hydrogens is 336 g/mol. The molecule has 0 aliphatic rings. The minimum atomic E-state index is -0.507. The van der Waals surface area contributed by atoms with E-state index in [0.29, 0.717) is 5.56 Å². The van der Waals surface area contributed by atoms with Gasteiger partial charge in [0, 0.05) is 23.9 Å². The molecule has 1 aromatic carbocycles. The second kappa shape index (κ2) is 8.00. The largest absolute Gasteiger partial charge is 0.445 e. The van der Waals surface area contributed by atoms with Gasteiger partial charge in [-0.15, -0.1) is 0 Å². The third-order valence-electron chi connectivity index (χ3n) is 2.19. The first-order valence-electron chi connectivity index (χ1n) is 5.43. The molecule has 0 bridgehead atoms. The van der Waals surface area contributed by atoms with Crippen LogP contribution < -0.4 is 5.32 Å². The SMILES string of the molecule is CC(CSBr)NC(=O)OCc1ccc([N+](=O)[O-])cc1. The van der Waals surface area contributed by atoms with Crippen molar-refractivity contribution in [1.29, 1.82) is 0 Å². The lowest BCUT2D eigenvalue weighted by Gasteiger charge is -2.12. The maximum atomic E-state index is 11.4. The van der Waals surface area contributed by atoms with Crippen LogP contribution in [0.5, 0.6) is 0 Å². The predicted molar refractivity (Wildman–Crippen MR) is 77.3 cm³/mol. The van der Waals surface area contributed by atoms with Gasteiger partial charge in [-0.3, -0.25) is 10.1 Å². The Morgan fingerprint density at radius 3 is 2.68 bits per heavy atom. The zero-order valence-electron chi connectivity index (χ0n) is 10.2. The van der Waals surface area contributed by atoms with E-state index >= 15 is 0 Å². The molecule has 1 amide bonds. The van der Waals surface area contributed by atoms with Gasteiger partial charge in [-0.1, -0.05) is 10.2 Å². The Balaban J connectivity index is 2.39. The molecule has 8 heteroatoms. The number of nitro groups is 1. The van der Waals surface area contributed by atoms with Crippen LogP contribution in [0.4, 0.5) is 10.5 Å². The molecule has 1 aromatic rings. The molecule has 1 atom stereocenters. The molecule has 1 rings (SSSR count). The molecule has 0 heterocycles. The van der Waals surface area contributed by atoms with Crippen LogP contribution >= 0.6 is 25.0 Å². The summed E-state index contributed by atoms with van der Waals surface area (Å²) in [6.07, 6.45) is -0.507. The molecular formula is C11H13BrN2O4S. The van der Waals surface area contributed by atoms with Gasteiger partial charge in [0.15, 0.2) is 0 Å². The van der Waals surface area contributed by atoms with Crippen molar-refractivity contribution < 1.29 is 14.5 Å². The number of carbonyl (C=O) groups excluding carboxylic acids is 1. The zero-order valence-corrected chi connectivity index (χ0v) is 12.6. The zero-order chi connectivity index (χ0) is 14.3. The van der Waals surface area contributed by atoms with Crippen molar-refractivity contribution in [1.82, 2.24) is 5.32 Å². The molecule has 0 spiro atoms. The number of nitro benzene ring substituents is 1. The van der Waals surface area contributed by atoms with Crippen LogP contribution in [0.25, 0.3) is 0 Å². The lowest BCUT2D eigenvalue weighted by Crippen LogP contribution is -2.34. The average Bonchev–Trinajstić information content (AvgIpc) is 2.37. The fourth-order valence-corrected chi connectivity index (χ4v) is 2.70. The van der Waals surface area contributed by atoms with Crippen LogP contribution in [-0.4, -0.2) is 22.8 Å². The van der Waals surface area contributed by atoms with Crippen LogP contribution in [0, 0.1) is 10.1 Å². The molecule has 0 fully saturated rings. The number of nitrogens with zero attached hydrogens (tertiary/aromatic N) is 1. The van der Waals surface area contributed by atoms with Crippen molar-refractivity contribution in [3.63, 3.8) is 0 Å². The molecule has 1 N–H and O–H groups in total. The Kier molecular flexibility index (Phi) is 6.65. The number of alkyl carbamates (subject to hydrolysis) is 1. The quantitative estimate of drug-likeness (QED) is 0.630. The standard InChI is InChI=1S/C11H13BrN2O4S/c1-8(7-19-12)13-11(15)18-6-9-2-4-10(5-3-9)14(16)17/h2-5,8H,6-7H2,1H3,(H,13,15). The van der Waals surface area contributed by atoms with Gasteiger partial charge in [0.1, 0.15) is 6.61 Å². The Morgan fingerprint density at radius 1 is 1.53 bits per heavy atom. The molecule has 0 radical (unpaired) electrons. The fourth-order valence-electron chi connectivity index (χ4n) is 1.24. The van der Waals surface area contributed by atoms with E-state index in [1.54, 1.807) is 12.1 Å². The smallest absolute Gasteiger partial charge is 0.407 e. The van der Waals surface area contributed by atoms with Crippen LogP contribution in [0.3, 0.4) is 0 Å². The van der Waals surface area contributed by atoms with Gasteiger partial charge in [-0.05, 0) is 39.4 Å². The molecule has 19 heavy (non-hydrogen) atoms. The van der Waals surface area contributed by atoms with Crippen LogP contribution in [0.15, 0.2) is 24.3 Å². The molecule has 6 nitrogen and oxygen atoms in total. The lowest BCUT2D eigenvalue weighted by atomic mass is 10.2. The summed E-state index contributed by atoms with van der Waals surface area (Å²) in [7, 11) is 1.45. The van der Waals surface area contributed by atoms with E-state index in [0.717, 1.165) is 5.75 Å². The van der Waals surface area contributed by atoms with E-state index < -0.39 is 11.0 Å². The summed E-state index contributed by atoms with van der Waals surface area (Å²) in [5, 5.41) is 13.1. The highest BCUT2D eigenvalue weighted by molar-refractivity contribution is 9.50. The first kappa shape index (κ1) is 15.8. The summed E-state index contributed by atoms with van der Waals surface area (Å²) in [5.74, 6) is 0.729. The number of ether oxygens (including phenoxy) is 1. The lowest BCUT2D eigenvalue weighted by molar-refractivity contribution is -0.384. The average molecular weight is 349 g/mol. The first-order chi connectivity index (χ1) is 9.02. The summed E-state index contributed by atoms with van der Waals surface area (Å²) in [5.41, 5.74) is 0.708. The summed E-state index contributed by atoms with van der Waals surface area (Å²) >= 11 is 3.20. The number of rotatable bonds is 6. The maximum absolute atomic E-state index is 11.4. The number of nitrogens with one attached hydrogen (secondary N) is 1. The molecule has 1 unspecified atom stereocenters. The van der Waals surface area contributed by atoms with E-state index in [1.807, 2.05) is 6.92 Å². The topological polar surface area (TPSA) is 81.5 Å².